The molecule has 4 rings (SSSR count). The minimum atomic E-state index is -0.897. The van der Waals surface area contributed by atoms with Gasteiger partial charge in [-0.3, -0.25) is 20.2 Å². The van der Waals surface area contributed by atoms with Gasteiger partial charge in [0, 0.05) is 18.6 Å². The van der Waals surface area contributed by atoms with Gasteiger partial charge >= 0.3 is 0 Å². The number of benzene rings is 3. The Kier molecular flexibility index (Phi) is 5.67. The highest BCUT2D eigenvalue weighted by atomic mass is 16.6. The molecular weight excluding hydrogens is 412 g/mol. The van der Waals surface area contributed by atoms with E-state index in [1.165, 1.54) is 24.3 Å². The highest BCUT2D eigenvalue weighted by Crippen LogP contribution is 2.38. The molecule has 3 aromatic rings. The largest absolute Gasteiger partial charge is 0.478 e. The Balaban J connectivity index is 1.61. The van der Waals surface area contributed by atoms with Crippen molar-refractivity contribution in [3.63, 3.8) is 0 Å². The van der Waals surface area contributed by atoms with Crippen LogP contribution in [0.25, 0.3) is 0 Å². The molecule has 0 heterocycles. The lowest BCUT2D eigenvalue weighted by Crippen LogP contribution is -2.32. The van der Waals surface area contributed by atoms with E-state index in [9.17, 15) is 20.2 Å². The minimum Gasteiger partial charge on any atom is -0.478 e. The van der Waals surface area contributed by atoms with E-state index in [2.05, 4.69) is 0 Å². The van der Waals surface area contributed by atoms with Crippen LogP contribution in [0.2, 0.25) is 0 Å². The van der Waals surface area contributed by atoms with Gasteiger partial charge in [0.25, 0.3) is 11.4 Å². The molecule has 3 aromatic carbocycles. The number of hydrogen-bond acceptors (Lipinski definition) is 6. The first-order chi connectivity index (χ1) is 15.4. The SMILES string of the molecule is O=[N+]([O-])c1cccc(OC2=CCC(Oc3cccc([N+](=O)[O-])c3)(c3ccccc3)C=C2)c1. The Bertz CT molecular complexity index is 1220. The summed E-state index contributed by atoms with van der Waals surface area (Å²) >= 11 is 0. The van der Waals surface area contributed by atoms with Gasteiger partial charge in [0.2, 0.25) is 0 Å². The minimum absolute atomic E-state index is 0.0595. The Hall–Kier alpha value is -4.46. The molecule has 8 heteroatoms. The van der Waals surface area contributed by atoms with Crippen LogP contribution in [0.5, 0.6) is 11.5 Å². The highest BCUT2D eigenvalue weighted by Gasteiger charge is 2.33. The molecule has 0 amide bonds. The third-order valence-electron chi connectivity index (χ3n) is 4.98. The molecule has 0 saturated heterocycles. The summed E-state index contributed by atoms with van der Waals surface area (Å²) in [5.41, 5.74) is -0.147. The summed E-state index contributed by atoms with van der Waals surface area (Å²) in [7, 11) is 0. The van der Waals surface area contributed by atoms with E-state index >= 15 is 0 Å². The average Bonchev–Trinajstić information content (AvgIpc) is 2.81. The van der Waals surface area contributed by atoms with Crippen LogP contribution in [0.3, 0.4) is 0 Å². The van der Waals surface area contributed by atoms with Crippen molar-refractivity contribution in [2.24, 2.45) is 0 Å². The van der Waals surface area contributed by atoms with E-state index in [-0.39, 0.29) is 11.4 Å². The van der Waals surface area contributed by atoms with Crippen LogP contribution in [0, 0.1) is 20.2 Å². The monoisotopic (exact) mass is 430 g/mol. The maximum atomic E-state index is 11.1. The fourth-order valence-corrected chi connectivity index (χ4v) is 3.42. The molecule has 1 unspecified atom stereocenters. The van der Waals surface area contributed by atoms with Crippen molar-refractivity contribution in [3.05, 3.63) is 129 Å². The van der Waals surface area contributed by atoms with Crippen LogP contribution in [-0.4, -0.2) is 9.85 Å². The zero-order valence-electron chi connectivity index (χ0n) is 16.8. The zero-order chi connectivity index (χ0) is 22.6. The topological polar surface area (TPSA) is 105 Å². The van der Waals surface area contributed by atoms with Crippen molar-refractivity contribution in [1.82, 2.24) is 0 Å². The van der Waals surface area contributed by atoms with Crippen LogP contribution in [-0.2, 0) is 5.60 Å². The lowest BCUT2D eigenvalue weighted by Gasteiger charge is -2.33. The molecule has 160 valence electrons. The maximum Gasteiger partial charge on any atom is 0.273 e. The van der Waals surface area contributed by atoms with E-state index in [1.807, 2.05) is 42.5 Å². The second kappa shape index (κ2) is 8.73. The van der Waals surface area contributed by atoms with Crippen molar-refractivity contribution in [2.75, 3.05) is 0 Å². The lowest BCUT2D eigenvalue weighted by atomic mass is 9.86. The number of nitro benzene ring substituents is 2. The average molecular weight is 430 g/mol. The quantitative estimate of drug-likeness (QED) is 0.352. The molecule has 0 saturated carbocycles. The normalized spacial score (nSPS) is 17.3. The molecule has 0 bridgehead atoms. The number of nitro groups is 2. The van der Waals surface area contributed by atoms with Gasteiger partial charge in [0.05, 0.1) is 22.0 Å². The van der Waals surface area contributed by atoms with Gasteiger partial charge in [-0.2, -0.15) is 0 Å². The fourth-order valence-electron chi connectivity index (χ4n) is 3.42. The van der Waals surface area contributed by atoms with Crippen LogP contribution < -0.4 is 9.47 Å². The fraction of sp³-hybridized carbons (Fsp3) is 0.0833. The standard InChI is InChI=1S/C24H18N2O6/c27-25(28)19-8-4-10-22(16-19)31-21-12-14-24(15-13-21,18-6-2-1-3-7-18)32-23-11-5-9-20(17-23)26(29)30/h1-14,16-17H,15H2. The van der Waals surface area contributed by atoms with Gasteiger partial charge in [-0.05, 0) is 35.9 Å². The van der Waals surface area contributed by atoms with E-state index < -0.39 is 15.4 Å². The summed E-state index contributed by atoms with van der Waals surface area (Å²) in [6.45, 7) is 0. The molecule has 1 atom stereocenters. The van der Waals surface area contributed by atoms with E-state index in [0.29, 0.717) is 23.7 Å². The molecule has 0 spiro atoms. The first kappa shape index (κ1) is 20.8. The number of nitrogens with zero attached hydrogens (tertiary/aromatic N) is 2. The first-order valence-electron chi connectivity index (χ1n) is 9.76. The highest BCUT2D eigenvalue weighted by molar-refractivity contribution is 5.43. The Labute approximate surface area is 183 Å². The predicted molar refractivity (Wildman–Crippen MR) is 117 cm³/mol. The molecule has 1 aliphatic carbocycles. The van der Waals surface area contributed by atoms with Crippen LogP contribution in [0.15, 0.2) is 103 Å². The molecule has 0 N–H and O–H groups in total. The molecule has 32 heavy (non-hydrogen) atoms. The van der Waals surface area contributed by atoms with Gasteiger partial charge in [-0.25, -0.2) is 0 Å². The number of allylic oxidation sites excluding steroid dienone is 1. The molecule has 0 aliphatic heterocycles. The molecule has 1 aliphatic rings. The third-order valence-corrected chi connectivity index (χ3v) is 4.98. The van der Waals surface area contributed by atoms with Crippen molar-refractivity contribution >= 4 is 11.4 Å². The second-order valence-corrected chi connectivity index (χ2v) is 7.11. The smallest absolute Gasteiger partial charge is 0.273 e. The summed E-state index contributed by atoms with van der Waals surface area (Å²) in [5.74, 6) is 1.23. The Morgan fingerprint density at radius 2 is 1.41 bits per heavy atom. The molecule has 0 fully saturated rings. The number of ether oxygens (including phenoxy) is 2. The van der Waals surface area contributed by atoms with Crippen LogP contribution in [0.1, 0.15) is 12.0 Å². The van der Waals surface area contributed by atoms with E-state index in [0.717, 1.165) is 5.56 Å². The molecule has 8 nitrogen and oxygen atoms in total. The van der Waals surface area contributed by atoms with Gasteiger partial charge in [0.1, 0.15) is 17.3 Å². The van der Waals surface area contributed by atoms with Crippen molar-refractivity contribution in [2.45, 2.75) is 12.0 Å². The van der Waals surface area contributed by atoms with Gasteiger partial charge in [-0.15, -0.1) is 0 Å². The van der Waals surface area contributed by atoms with Crippen molar-refractivity contribution in [1.29, 1.82) is 0 Å². The number of non-ortho nitro benzene ring substituents is 2. The summed E-state index contributed by atoms with van der Waals surface area (Å²) in [5, 5.41) is 22.1. The number of hydrogen-bond donors (Lipinski definition) is 0. The van der Waals surface area contributed by atoms with Crippen molar-refractivity contribution < 1.29 is 19.3 Å². The molecule has 0 radical (unpaired) electrons. The maximum absolute atomic E-state index is 11.1. The molecule has 0 aromatic heterocycles. The summed E-state index contributed by atoms with van der Waals surface area (Å²) in [6, 6.07) is 21.5. The van der Waals surface area contributed by atoms with Gasteiger partial charge in [-0.1, -0.05) is 42.5 Å². The van der Waals surface area contributed by atoms with Crippen molar-refractivity contribution in [3.8, 4) is 11.5 Å². The summed E-state index contributed by atoms with van der Waals surface area (Å²) in [6.07, 6.45) is 5.77. The summed E-state index contributed by atoms with van der Waals surface area (Å²) in [4.78, 5) is 21.2. The predicted octanol–water partition coefficient (Wildman–Crippen LogP) is 5.70. The van der Waals surface area contributed by atoms with E-state index in [1.54, 1.807) is 30.3 Å². The zero-order valence-corrected chi connectivity index (χ0v) is 16.8. The Morgan fingerprint density at radius 3 is 2.00 bits per heavy atom. The first-order valence-corrected chi connectivity index (χ1v) is 9.76. The summed E-state index contributed by atoms with van der Waals surface area (Å²) < 4.78 is 12.1. The Morgan fingerprint density at radius 1 is 0.781 bits per heavy atom. The third kappa shape index (κ3) is 4.49. The number of rotatable bonds is 7. The van der Waals surface area contributed by atoms with Gasteiger partial charge < -0.3 is 9.47 Å². The van der Waals surface area contributed by atoms with Crippen LogP contribution >= 0.6 is 0 Å². The lowest BCUT2D eigenvalue weighted by molar-refractivity contribution is -0.385. The van der Waals surface area contributed by atoms with E-state index in [4.69, 9.17) is 9.47 Å². The van der Waals surface area contributed by atoms with Crippen LogP contribution in [0.4, 0.5) is 11.4 Å². The molecular formula is C24H18N2O6. The second-order valence-electron chi connectivity index (χ2n) is 7.11. The van der Waals surface area contributed by atoms with Gasteiger partial charge in [0.15, 0.2) is 5.60 Å².